The third-order valence-corrected chi connectivity index (χ3v) is 5.43. The van der Waals surface area contributed by atoms with E-state index in [0.29, 0.717) is 30.4 Å². The number of carbonyl (C=O) groups excluding carboxylic acids is 2. The van der Waals surface area contributed by atoms with Crippen LogP contribution in [0.4, 0.5) is 5.69 Å². The van der Waals surface area contributed by atoms with Crippen LogP contribution in [0.3, 0.4) is 0 Å². The minimum Gasteiger partial charge on any atom is -0.441 e. The SMILES string of the molecule is Cc1oc(-c2ccccc2)nc1CCNC(=O)[C@@H]1CC(=O)N(c2cccc(Cl)c2)C1. The molecule has 0 bridgehead atoms. The minimum atomic E-state index is -0.380. The van der Waals surface area contributed by atoms with Crippen molar-refractivity contribution in [2.75, 3.05) is 18.0 Å². The number of benzene rings is 2. The molecule has 0 radical (unpaired) electrons. The van der Waals surface area contributed by atoms with E-state index in [9.17, 15) is 9.59 Å². The fraction of sp³-hybridized carbons (Fsp3) is 0.261. The van der Waals surface area contributed by atoms with Crippen LogP contribution < -0.4 is 10.2 Å². The highest BCUT2D eigenvalue weighted by Crippen LogP contribution is 2.27. The molecule has 1 aliphatic heterocycles. The first-order valence-corrected chi connectivity index (χ1v) is 10.2. The molecule has 0 unspecified atom stereocenters. The van der Waals surface area contributed by atoms with Crippen molar-refractivity contribution < 1.29 is 14.0 Å². The third-order valence-electron chi connectivity index (χ3n) is 5.19. The number of halogens is 1. The Morgan fingerprint density at radius 3 is 2.80 bits per heavy atom. The van der Waals surface area contributed by atoms with E-state index >= 15 is 0 Å². The highest BCUT2D eigenvalue weighted by molar-refractivity contribution is 6.31. The Labute approximate surface area is 179 Å². The van der Waals surface area contributed by atoms with Gasteiger partial charge < -0.3 is 14.6 Å². The summed E-state index contributed by atoms with van der Waals surface area (Å²) in [6.07, 6.45) is 0.756. The molecule has 1 saturated heterocycles. The second-order valence-electron chi connectivity index (χ2n) is 7.31. The molecule has 2 aromatic carbocycles. The Kier molecular flexibility index (Phi) is 5.86. The quantitative estimate of drug-likeness (QED) is 0.649. The Morgan fingerprint density at radius 2 is 2.03 bits per heavy atom. The molecule has 1 aromatic heterocycles. The Bertz CT molecular complexity index is 1060. The van der Waals surface area contributed by atoms with Crippen molar-refractivity contribution >= 4 is 29.1 Å². The maximum Gasteiger partial charge on any atom is 0.227 e. The topological polar surface area (TPSA) is 75.4 Å². The van der Waals surface area contributed by atoms with E-state index in [1.54, 1.807) is 23.1 Å². The fourth-order valence-corrected chi connectivity index (χ4v) is 3.77. The van der Waals surface area contributed by atoms with Gasteiger partial charge in [-0.25, -0.2) is 4.98 Å². The van der Waals surface area contributed by atoms with Gasteiger partial charge in [0.25, 0.3) is 0 Å². The molecule has 0 spiro atoms. The Balaban J connectivity index is 1.32. The van der Waals surface area contributed by atoms with Gasteiger partial charge in [0.05, 0.1) is 11.6 Å². The van der Waals surface area contributed by atoms with Gasteiger partial charge in [0.1, 0.15) is 5.76 Å². The van der Waals surface area contributed by atoms with Crippen LogP contribution in [0, 0.1) is 12.8 Å². The zero-order valence-electron chi connectivity index (χ0n) is 16.6. The van der Waals surface area contributed by atoms with E-state index in [1.165, 1.54) is 0 Å². The van der Waals surface area contributed by atoms with Crippen LogP contribution in [-0.4, -0.2) is 29.9 Å². The molecule has 1 fully saturated rings. The van der Waals surface area contributed by atoms with Crippen LogP contribution in [0.25, 0.3) is 11.5 Å². The Hall–Kier alpha value is -3.12. The van der Waals surface area contributed by atoms with Gasteiger partial charge in [-0.15, -0.1) is 0 Å². The zero-order chi connectivity index (χ0) is 21.1. The molecule has 6 nitrogen and oxygen atoms in total. The lowest BCUT2D eigenvalue weighted by Crippen LogP contribution is -2.34. The number of oxazole rings is 1. The van der Waals surface area contributed by atoms with E-state index in [2.05, 4.69) is 10.3 Å². The molecule has 3 aromatic rings. The number of aromatic nitrogens is 1. The standard InChI is InChI=1S/C23H22ClN3O3/c1-15-20(26-23(30-15)16-6-3-2-4-7-16)10-11-25-22(29)17-12-21(28)27(14-17)19-9-5-8-18(24)13-19/h2-9,13,17H,10-12,14H2,1H3,(H,25,29)/t17-/m1/s1. The zero-order valence-corrected chi connectivity index (χ0v) is 17.4. The number of amides is 2. The van der Waals surface area contributed by atoms with Crippen molar-refractivity contribution in [1.29, 1.82) is 0 Å². The van der Waals surface area contributed by atoms with Crippen molar-refractivity contribution in [1.82, 2.24) is 10.3 Å². The van der Waals surface area contributed by atoms with Gasteiger partial charge in [-0.2, -0.15) is 0 Å². The molecule has 4 rings (SSSR count). The van der Waals surface area contributed by atoms with Crippen LogP contribution in [0.1, 0.15) is 17.9 Å². The number of hydrogen-bond acceptors (Lipinski definition) is 4. The summed E-state index contributed by atoms with van der Waals surface area (Å²) in [6, 6.07) is 16.8. The van der Waals surface area contributed by atoms with E-state index in [0.717, 1.165) is 22.7 Å². The average Bonchev–Trinajstić information content (AvgIpc) is 3.31. The van der Waals surface area contributed by atoms with Crippen LogP contribution >= 0.6 is 11.6 Å². The maximum atomic E-state index is 12.6. The second-order valence-corrected chi connectivity index (χ2v) is 7.75. The smallest absolute Gasteiger partial charge is 0.227 e. The summed E-state index contributed by atoms with van der Waals surface area (Å²) in [7, 11) is 0. The van der Waals surface area contributed by atoms with Crippen molar-refractivity contribution in [3.8, 4) is 11.5 Å². The molecular weight excluding hydrogens is 402 g/mol. The third kappa shape index (κ3) is 4.39. The van der Waals surface area contributed by atoms with Gasteiger partial charge >= 0.3 is 0 Å². The minimum absolute atomic E-state index is 0.0720. The van der Waals surface area contributed by atoms with Gasteiger partial charge in [-0.1, -0.05) is 35.9 Å². The number of anilines is 1. The maximum absolute atomic E-state index is 12.6. The van der Waals surface area contributed by atoms with E-state index in [-0.39, 0.29) is 24.2 Å². The van der Waals surface area contributed by atoms with Crippen molar-refractivity contribution in [3.63, 3.8) is 0 Å². The highest BCUT2D eigenvalue weighted by Gasteiger charge is 2.35. The molecule has 0 aliphatic carbocycles. The van der Waals surface area contributed by atoms with Gasteiger partial charge in [0.15, 0.2) is 0 Å². The summed E-state index contributed by atoms with van der Waals surface area (Å²) in [6.45, 7) is 2.66. The lowest BCUT2D eigenvalue weighted by Gasteiger charge is -2.17. The molecule has 30 heavy (non-hydrogen) atoms. The van der Waals surface area contributed by atoms with Gasteiger partial charge in [-0.05, 0) is 37.3 Å². The number of rotatable bonds is 6. The van der Waals surface area contributed by atoms with E-state index < -0.39 is 0 Å². The fourth-order valence-electron chi connectivity index (χ4n) is 3.59. The van der Waals surface area contributed by atoms with E-state index in [1.807, 2.05) is 43.3 Å². The summed E-state index contributed by atoms with van der Waals surface area (Å²) in [4.78, 5) is 31.1. The summed E-state index contributed by atoms with van der Waals surface area (Å²) < 4.78 is 5.76. The van der Waals surface area contributed by atoms with Gasteiger partial charge in [-0.3, -0.25) is 9.59 Å². The van der Waals surface area contributed by atoms with Crippen LogP contribution in [0.2, 0.25) is 5.02 Å². The summed E-state index contributed by atoms with van der Waals surface area (Å²) in [5, 5.41) is 3.49. The van der Waals surface area contributed by atoms with E-state index in [4.69, 9.17) is 16.0 Å². The summed E-state index contributed by atoms with van der Waals surface area (Å²) in [5.41, 5.74) is 2.45. The van der Waals surface area contributed by atoms with Crippen molar-refractivity contribution in [2.24, 2.45) is 5.92 Å². The average molecular weight is 424 g/mol. The Morgan fingerprint density at radius 1 is 1.23 bits per heavy atom. The summed E-state index contributed by atoms with van der Waals surface area (Å²) >= 11 is 6.02. The first-order chi connectivity index (χ1) is 14.5. The highest BCUT2D eigenvalue weighted by atomic mass is 35.5. The molecule has 1 N–H and O–H groups in total. The van der Waals surface area contributed by atoms with Gasteiger partial charge in [0, 0.05) is 42.2 Å². The molecular formula is C23H22ClN3O3. The number of aryl methyl sites for hydroxylation is 1. The lowest BCUT2D eigenvalue weighted by atomic mass is 10.1. The molecule has 0 saturated carbocycles. The predicted molar refractivity (Wildman–Crippen MR) is 115 cm³/mol. The normalized spacial score (nSPS) is 16.1. The van der Waals surface area contributed by atoms with Crippen molar-refractivity contribution in [2.45, 2.75) is 19.8 Å². The summed E-state index contributed by atoms with van der Waals surface area (Å²) in [5.74, 6) is 0.739. The first kappa shape index (κ1) is 20.2. The molecule has 1 atom stereocenters. The number of carbonyl (C=O) groups is 2. The van der Waals surface area contributed by atoms with Crippen molar-refractivity contribution in [3.05, 3.63) is 71.1 Å². The molecule has 1 aliphatic rings. The second kappa shape index (κ2) is 8.71. The van der Waals surface area contributed by atoms with Crippen LogP contribution in [0.15, 0.2) is 59.0 Å². The molecule has 2 amide bonds. The molecule has 154 valence electrons. The number of hydrogen-bond donors (Lipinski definition) is 1. The predicted octanol–water partition coefficient (Wildman–Crippen LogP) is 4.02. The first-order valence-electron chi connectivity index (χ1n) is 9.86. The van der Waals surface area contributed by atoms with Crippen LogP contribution in [-0.2, 0) is 16.0 Å². The van der Waals surface area contributed by atoms with Crippen LogP contribution in [0.5, 0.6) is 0 Å². The monoisotopic (exact) mass is 423 g/mol. The largest absolute Gasteiger partial charge is 0.441 e. The lowest BCUT2D eigenvalue weighted by molar-refractivity contribution is -0.126. The number of nitrogens with zero attached hydrogens (tertiary/aromatic N) is 2. The molecule has 2 heterocycles. The molecule has 7 heteroatoms. The van der Waals surface area contributed by atoms with Gasteiger partial charge in [0.2, 0.25) is 17.7 Å². The number of nitrogens with one attached hydrogen (secondary N) is 1.